The van der Waals surface area contributed by atoms with Crippen molar-refractivity contribution in [3.05, 3.63) is 28.0 Å². The maximum absolute atomic E-state index is 11.6. The van der Waals surface area contributed by atoms with Gasteiger partial charge in [-0.05, 0) is 13.0 Å². The van der Waals surface area contributed by atoms with Crippen LogP contribution in [0, 0.1) is 0 Å². The van der Waals surface area contributed by atoms with Crippen LogP contribution < -0.4 is 5.32 Å². The van der Waals surface area contributed by atoms with E-state index in [1.54, 1.807) is 6.92 Å². The van der Waals surface area contributed by atoms with Crippen LogP contribution in [0.5, 0.6) is 0 Å². The molecule has 0 atom stereocenters. The van der Waals surface area contributed by atoms with E-state index >= 15 is 0 Å². The molecule has 1 N–H and O–H groups in total. The molecule has 0 aliphatic rings. The number of amides is 2. The Hall–Kier alpha value is -1.86. The van der Waals surface area contributed by atoms with Gasteiger partial charge < -0.3 is 9.47 Å². The zero-order valence-electron chi connectivity index (χ0n) is 10.3. The zero-order valence-corrected chi connectivity index (χ0v) is 11.8. The van der Waals surface area contributed by atoms with Crippen molar-refractivity contribution in [1.82, 2.24) is 10.3 Å². The number of hydrogen-bond donors (Lipinski definition) is 1. The van der Waals surface area contributed by atoms with Gasteiger partial charge in [0.2, 0.25) is 0 Å². The van der Waals surface area contributed by atoms with E-state index in [9.17, 15) is 14.4 Å². The summed E-state index contributed by atoms with van der Waals surface area (Å²) in [4.78, 5) is 37.4. The minimum absolute atomic E-state index is 0.0309. The topological polar surface area (TPSA) is 94.6 Å². The van der Waals surface area contributed by atoms with Crippen LogP contribution in [0.4, 0.5) is 4.79 Å². The smallest absolute Gasteiger partial charge is 0.413 e. The molecule has 1 heterocycles. The largest absolute Gasteiger partial charge is 0.452 e. The average molecular weight is 321 g/mol. The lowest BCUT2D eigenvalue weighted by atomic mass is 10.3. The Morgan fingerprint density at radius 3 is 2.60 bits per heavy atom. The van der Waals surface area contributed by atoms with E-state index in [1.165, 1.54) is 6.07 Å². The number of nitrogens with zero attached hydrogens (tertiary/aromatic N) is 1. The molecule has 0 fully saturated rings. The number of nitrogens with one attached hydrogen (secondary N) is 1. The lowest BCUT2D eigenvalue weighted by Crippen LogP contribution is -2.34. The van der Waals surface area contributed by atoms with Crippen LogP contribution in [-0.4, -0.2) is 36.2 Å². The summed E-state index contributed by atoms with van der Waals surface area (Å²) in [5.41, 5.74) is 0.0309. The summed E-state index contributed by atoms with van der Waals surface area (Å²) in [7, 11) is 0. The predicted octanol–water partition coefficient (Wildman–Crippen LogP) is 1.82. The molecule has 7 nitrogen and oxygen atoms in total. The quantitative estimate of drug-likeness (QED) is 0.671. The van der Waals surface area contributed by atoms with Gasteiger partial charge in [-0.15, -0.1) is 0 Å². The number of carbonyl (C=O) groups is 3. The molecule has 1 aromatic rings. The fraction of sp³-hybridized carbons (Fsp3) is 0.273. The molecule has 0 saturated heterocycles. The molecule has 2 amide bonds. The average Bonchev–Trinajstić information content (AvgIpc) is 2.39. The lowest BCUT2D eigenvalue weighted by molar-refractivity contribution is -0.123. The van der Waals surface area contributed by atoms with Gasteiger partial charge in [0.1, 0.15) is 5.15 Å². The van der Waals surface area contributed by atoms with E-state index < -0.39 is 24.6 Å². The first-order valence-corrected chi connectivity index (χ1v) is 6.14. The summed E-state index contributed by atoms with van der Waals surface area (Å²) >= 11 is 11.3. The first kappa shape index (κ1) is 16.2. The van der Waals surface area contributed by atoms with Crippen LogP contribution in [0.1, 0.15) is 17.3 Å². The van der Waals surface area contributed by atoms with Gasteiger partial charge in [0, 0.05) is 6.20 Å². The number of pyridine rings is 1. The number of rotatable bonds is 4. The Morgan fingerprint density at radius 1 is 1.30 bits per heavy atom. The van der Waals surface area contributed by atoms with E-state index in [-0.39, 0.29) is 22.3 Å². The van der Waals surface area contributed by atoms with Crippen LogP contribution in [0.25, 0.3) is 0 Å². The van der Waals surface area contributed by atoms with Crippen molar-refractivity contribution >= 4 is 41.2 Å². The normalized spacial score (nSPS) is 9.75. The number of imide groups is 1. The molecule has 1 rings (SSSR count). The summed E-state index contributed by atoms with van der Waals surface area (Å²) in [6, 6.07) is 1.25. The molecular formula is C11H10Cl2N2O5. The Bertz CT molecular complexity index is 536. The summed E-state index contributed by atoms with van der Waals surface area (Å²) in [6.07, 6.45) is 0.240. The van der Waals surface area contributed by atoms with Crippen LogP contribution in [-0.2, 0) is 14.3 Å². The number of hydrogen-bond acceptors (Lipinski definition) is 6. The Labute approximate surface area is 124 Å². The summed E-state index contributed by atoms with van der Waals surface area (Å²) in [6.45, 7) is 1.06. The van der Waals surface area contributed by atoms with Crippen molar-refractivity contribution in [3.63, 3.8) is 0 Å². The molecule has 0 aromatic carbocycles. The van der Waals surface area contributed by atoms with E-state index in [2.05, 4.69) is 14.5 Å². The first-order chi connectivity index (χ1) is 9.43. The van der Waals surface area contributed by atoms with E-state index in [4.69, 9.17) is 23.2 Å². The van der Waals surface area contributed by atoms with Crippen molar-refractivity contribution < 1.29 is 23.9 Å². The maximum Gasteiger partial charge on any atom is 0.413 e. The second kappa shape index (κ2) is 7.66. The lowest BCUT2D eigenvalue weighted by Gasteiger charge is -2.06. The Morgan fingerprint density at radius 2 is 2.00 bits per heavy atom. The summed E-state index contributed by atoms with van der Waals surface area (Å²) < 4.78 is 9.14. The third kappa shape index (κ3) is 5.02. The number of esters is 1. The zero-order chi connectivity index (χ0) is 15.1. The maximum atomic E-state index is 11.6. The molecule has 108 valence electrons. The summed E-state index contributed by atoms with van der Waals surface area (Å²) in [5.74, 6) is -1.64. The van der Waals surface area contributed by atoms with Crippen molar-refractivity contribution in [2.45, 2.75) is 6.92 Å². The molecular weight excluding hydrogens is 311 g/mol. The molecule has 9 heteroatoms. The van der Waals surface area contributed by atoms with Crippen molar-refractivity contribution in [1.29, 1.82) is 0 Å². The molecule has 0 radical (unpaired) electrons. The number of carbonyl (C=O) groups excluding carboxylic acids is 3. The van der Waals surface area contributed by atoms with Crippen LogP contribution in [0.15, 0.2) is 12.3 Å². The van der Waals surface area contributed by atoms with E-state index in [1.807, 2.05) is 5.32 Å². The van der Waals surface area contributed by atoms with Gasteiger partial charge in [-0.2, -0.15) is 0 Å². The molecule has 0 aliphatic carbocycles. The van der Waals surface area contributed by atoms with Gasteiger partial charge in [-0.3, -0.25) is 10.1 Å². The van der Waals surface area contributed by atoms with Gasteiger partial charge >= 0.3 is 12.1 Å². The number of aromatic nitrogens is 1. The molecule has 0 saturated carbocycles. The van der Waals surface area contributed by atoms with Gasteiger partial charge in [-0.25, -0.2) is 14.6 Å². The molecule has 0 aliphatic heterocycles. The fourth-order valence-corrected chi connectivity index (χ4v) is 1.33. The predicted molar refractivity (Wildman–Crippen MR) is 69.7 cm³/mol. The Kier molecular flexibility index (Phi) is 6.20. The number of ether oxygens (including phenoxy) is 2. The third-order valence-electron chi connectivity index (χ3n) is 1.88. The third-order valence-corrected chi connectivity index (χ3v) is 2.57. The van der Waals surface area contributed by atoms with Crippen LogP contribution >= 0.6 is 23.2 Å². The van der Waals surface area contributed by atoms with E-state index in [0.29, 0.717) is 0 Å². The number of alkyl carbamates (subject to hydrolysis) is 1. The van der Waals surface area contributed by atoms with Gasteiger partial charge in [0.05, 0.1) is 17.2 Å². The van der Waals surface area contributed by atoms with Crippen molar-refractivity contribution in [2.75, 3.05) is 13.2 Å². The van der Waals surface area contributed by atoms with Gasteiger partial charge in [0.15, 0.2) is 6.61 Å². The molecule has 0 bridgehead atoms. The highest BCUT2D eigenvalue weighted by Crippen LogP contribution is 2.19. The molecule has 0 spiro atoms. The van der Waals surface area contributed by atoms with Crippen LogP contribution in [0.2, 0.25) is 10.2 Å². The molecule has 0 unspecified atom stereocenters. The fourth-order valence-electron chi connectivity index (χ4n) is 1.06. The van der Waals surface area contributed by atoms with Crippen molar-refractivity contribution in [3.8, 4) is 0 Å². The summed E-state index contributed by atoms with van der Waals surface area (Å²) in [5, 5.41) is 1.99. The number of halogens is 2. The molecule has 20 heavy (non-hydrogen) atoms. The minimum Gasteiger partial charge on any atom is -0.452 e. The van der Waals surface area contributed by atoms with Gasteiger partial charge in [0.25, 0.3) is 5.91 Å². The standard InChI is InChI=1S/C11H10Cl2N2O5/c1-2-19-11(18)15-8(16)5-20-10(17)6-3-7(12)9(13)14-4-6/h3-4H,2,5H2,1H3,(H,15,16,18). The highest BCUT2D eigenvalue weighted by Gasteiger charge is 2.14. The molecule has 1 aromatic heterocycles. The van der Waals surface area contributed by atoms with Crippen LogP contribution in [0.3, 0.4) is 0 Å². The minimum atomic E-state index is -0.912. The monoisotopic (exact) mass is 320 g/mol. The van der Waals surface area contributed by atoms with Gasteiger partial charge in [-0.1, -0.05) is 23.2 Å². The highest BCUT2D eigenvalue weighted by molar-refractivity contribution is 6.41. The second-order valence-corrected chi connectivity index (χ2v) is 4.11. The van der Waals surface area contributed by atoms with Crippen molar-refractivity contribution in [2.24, 2.45) is 0 Å². The first-order valence-electron chi connectivity index (χ1n) is 5.38. The highest BCUT2D eigenvalue weighted by atomic mass is 35.5. The Balaban J connectivity index is 2.48. The second-order valence-electron chi connectivity index (χ2n) is 3.34. The SMILES string of the molecule is CCOC(=O)NC(=O)COC(=O)c1cnc(Cl)c(Cl)c1. The van der Waals surface area contributed by atoms with E-state index in [0.717, 1.165) is 6.20 Å².